The summed E-state index contributed by atoms with van der Waals surface area (Å²) in [5, 5.41) is 0.582. The second-order valence-electron chi connectivity index (χ2n) is 3.09. The molecule has 0 aromatic heterocycles. The quantitative estimate of drug-likeness (QED) is 0.810. The summed E-state index contributed by atoms with van der Waals surface area (Å²) in [7, 11) is -0.987. The molecule has 0 saturated carbocycles. The SMILES string of the molecule is CCCCS(=O)c1ccc(Cl)cc1N. The fourth-order valence-corrected chi connectivity index (χ4v) is 2.61. The van der Waals surface area contributed by atoms with Crippen molar-refractivity contribution in [3.05, 3.63) is 23.2 Å². The van der Waals surface area contributed by atoms with Gasteiger partial charge in [0.1, 0.15) is 0 Å². The van der Waals surface area contributed by atoms with Crippen molar-refractivity contribution in [1.82, 2.24) is 0 Å². The van der Waals surface area contributed by atoms with Crippen molar-refractivity contribution in [2.75, 3.05) is 11.5 Å². The van der Waals surface area contributed by atoms with E-state index >= 15 is 0 Å². The minimum absolute atomic E-state index is 0.520. The summed E-state index contributed by atoms with van der Waals surface area (Å²) < 4.78 is 11.7. The van der Waals surface area contributed by atoms with Gasteiger partial charge < -0.3 is 5.73 Å². The van der Waals surface area contributed by atoms with Crippen molar-refractivity contribution in [1.29, 1.82) is 0 Å². The summed E-state index contributed by atoms with van der Waals surface area (Å²) in [6.07, 6.45) is 1.99. The van der Waals surface area contributed by atoms with Crippen LogP contribution in [0.4, 0.5) is 5.69 Å². The van der Waals surface area contributed by atoms with Crippen LogP contribution in [0.2, 0.25) is 5.02 Å². The zero-order valence-corrected chi connectivity index (χ0v) is 9.70. The molecule has 0 amide bonds. The molecule has 14 heavy (non-hydrogen) atoms. The van der Waals surface area contributed by atoms with E-state index in [1.165, 1.54) is 0 Å². The normalized spacial score (nSPS) is 12.7. The van der Waals surface area contributed by atoms with Gasteiger partial charge in [0.15, 0.2) is 0 Å². The molecular weight excluding hydrogens is 218 g/mol. The minimum atomic E-state index is -0.987. The first-order valence-corrected chi connectivity index (χ1v) is 6.28. The fourth-order valence-electron chi connectivity index (χ4n) is 1.11. The van der Waals surface area contributed by atoms with Gasteiger partial charge in [-0.05, 0) is 24.6 Å². The highest BCUT2D eigenvalue weighted by Gasteiger charge is 2.07. The van der Waals surface area contributed by atoms with Gasteiger partial charge in [0.25, 0.3) is 0 Å². The van der Waals surface area contributed by atoms with Crippen LogP contribution in [0.1, 0.15) is 19.8 Å². The molecule has 0 aliphatic heterocycles. The molecule has 0 aliphatic carbocycles. The molecule has 78 valence electrons. The van der Waals surface area contributed by atoms with Crippen LogP contribution >= 0.6 is 11.6 Å². The van der Waals surface area contributed by atoms with Crippen molar-refractivity contribution < 1.29 is 4.21 Å². The summed E-state index contributed by atoms with van der Waals surface area (Å²) >= 11 is 5.75. The predicted molar refractivity (Wildman–Crippen MR) is 62.0 cm³/mol. The van der Waals surface area contributed by atoms with Crippen LogP contribution in [-0.2, 0) is 10.8 Å². The number of nitrogen functional groups attached to an aromatic ring is 1. The van der Waals surface area contributed by atoms with Crippen LogP contribution < -0.4 is 5.73 Å². The molecule has 2 N–H and O–H groups in total. The summed E-state index contributed by atoms with van der Waals surface area (Å²) in [6, 6.07) is 5.10. The molecular formula is C10H14ClNOS. The molecule has 4 heteroatoms. The standard InChI is InChI=1S/C10H14ClNOS/c1-2-3-6-14(13)10-5-4-8(11)7-9(10)12/h4-5,7H,2-3,6,12H2,1H3. The molecule has 1 aromatic carbocycles. The Morgan fingerprint density at radius 2 is 2.21 bits per heavy atom. The van der Waals surface area contributed by atoms with Crippen LogP contribution in [0.3, 0.4) is 0 Å². The summed E-state index contributed by atoms with van der Waals surface area (Å²) in [5.41, 5.74) is 6.24. The third kappa shape index (κ3) is 3.00. The molecule has 0 radical (unpaired) electrons. The molecule has 1 atom stereocenters. The smallest absolute Gasteiger partial charge is 0.0618 e. The zero-order chi connectivity index (χ0) is 10.6. The third-order valence-electron chi connectivity index (χ3n) is 1.90. The van der Waals surface area contributed by atoms with E-state index in [0.717, 1.165) is 12.8 Å². The first-order chi connectivity index (χ1) is 6.65. The van der Waals surface area contributed by atoms with Crippen LogP contribution in [0, 0.1) is 0 Å². The van der Waals surface area contributed by atoms with Crippen molar-refractivity contribution in [3.63, 3.8) is 0 Å². The van der Waals surface area contributed by atoms with Crippen LogP contribution in [0.15, 0.2) is 23.1 Å². The Kier molecular flexibility index (Phi) is 4.42. The Morgan fingerprint density at radius 1 is 1.50 bits per heavy atom. The molecule has 0 aliphatic rings. The predicted octanol–water partition coefficient (Wildman–Crippen LogP) is 2.83. The maximum absolute atomic E-state index is 11.7. The topological polar surface area (TPSA) is 43.1 Å². The van der Waals surface area contributed by atoms with Gasteiger partial charge in [0.05, 0.1) is 15.7 Å². The Hall–Kier alpha value is -0.540. The molecule has 0 saturated heterocycles. The van der Waals surface area contributed by atoms with Gasteiger partial charge in [-0.15, -0.1) is 0 Å². The van der Waals surface area contributed by atoms with Crippen molar-refractivity contribution >= 4 is 28.1 Å². The number of rotatable bonds is 4. The first kappa shape index (κ1) is 11.5. The lowest BCUT2D eigenvalue weighted by molar-refractivity contribution is 0.680. The van der Waals surface area contributed by atoms with E-state index in [-0.39, 0.29) is 0 Å². The summed E-state index contributed by atoms with van der Waals surface area (Å²) in [5.74, 6) is 0.669. The summed E-state index contributed by atoms with van der Waals surface area (Å²) in [4.78, 5) is 0.697. The highest BCUT2D eigenvalue weighted by atomic mass is 35.5. The minimum Gasteiger partial charge on any atom is -0.398 e. The van der Waals surface area contributed by atoms with Gasteiger partial charge in [-0.3, -0.25) is 4.21 Å². The zero-order valence-electron chi connectivity index (χ0n) is 8.13. The first-order valence-electron chi connectivity index (χ1n) is 4.58. The fraction of sp³-hybridized carbons (Fsp3) is 0.400. The highest BCUT2D eigenvalue weighted by molar-refractivity contribution is 7.85. The Labute approximate surface area is 91.9 Å². The lowest BCUT2D eigenvalue weighted by Gasteiger charge is -2.05. The van der Waals surface area contributed by atoms with Crippen molar-refractivity contribution in [2.24, 2.45) is 0 Å². The van der Waals surface area contributed by atoms with Crippen LogP contribution in [0.5, 0.6) is 0 Å². The van der Waals surface area contributed by atoms with E-state index < -0.39 is 10.8 Å². The lowest BCUT2D eigenvalue weighted by Crippen LogP contribution is -2.01. The molecule has 0 bridgehead atoms. The number of benzene rings is 1. The average molecular weight is 232 g/mol. The number of nitrogens with two attached hydrogens (primary N) is 1. The highest BCUT2D eigenvalue weighted by Crippen LogP contribution is 2.21. The number of unbranched alkanes of at least 4 members (excludes halogenated alkanes) is 1. The Morgan fingerprint density at radius 3 is 2.79 bits per heavy atom. The monoisotopic (exact) mass is 231 g/mol. The molecule has 0 spiro atoms. The van der Waals surface area contributed by atoms with Crippen LogP contribution in [-0.4, -0.2) is 9.96 Å². The maximum Gasteiger partial charge on any atom is 0.0618 e. The van der Waals surface area contributed by atoms with Gasteiger partial charge in [-0.25, -0.2) is 0 Å². The Bertz CT molecular complexity index is 341. The molecule has 1 rings (SSSR count). The van der Waals surface area contributed by atoms with Crippen LogP contribution in [0.25, 0.3) is 0 Å². The van der Waals surface area contributed by atoms with E-state index in [1.54, 1.807) is 18.2 Å². The van der Waals surface area contributed by atoms with E-state index in [4.69, 9.17) is 17.3 Å². The van der Waals surface area contributed by atoms with E-state index in [2.05, 4.69) is 6.92 Å². The molecule has 1 unspecified atom stereocenters. The molecule has 1 aromatic rings. The largest absolute Gasteiger partial charge is 0.398 e. The van der Waals surface area contributed by atoms with Gasteiger partial charge in [-0.2, -0.15) is 0 Å². The number of hydrogen-bond acceptors (Lipinski definition) is 2. The van der Waals surface area contributed by atoms with Crippen molar-refractivity contribution in [3.8, 4) is 0 Å². The molecule has 0 fully saturated rings. The van der Waals surface area contributed by atoms with E-state index in [0.29, 0.717) is 21.4 Å². The molecule has 2 nitrogen and oxygen atoms in total. The van der Waals surface area contributed by atoms with E-state index in [9.17, 15) is 4.21 Å². The van der Waals surface area contributed by atoms with Gasteiger partial charge in [-0.1, -0.05) is 24.9 Å². The number of halogens is 1. The van der Waals surface area contributed by atoms with E-state index in [1.807, 2.05) is 0 Å². The average Bonchev–Trinajstić information content (AvgIpc) is 2.14. The second kappa shape index (κ2) is 5.37. The number of anilines is 1. The molecule has 0 heterocycles. The lowest BCUT2D eigenvalue weighted by atomic mass is 10.3. The third-order valence-corrected chi connectivity index (χ3v) is 3.66. The van der Waals surface area contributed by atoms with Gasteiger partial charge in [0.2, 0.25) is 0 Å². The maximum atomic E-state index is 11.7. The second-order valence-corrected chi connectivity index (χ2v) is 5.06. The van der Waals surface area contributed by atoms with Gasteiger partial charge >= 0.3 is 0 Å². The van der Waals surface area contributed by atoms with Crippen molar-refractivity contribution in [2.45, 2.75) is 24.7 Å². The number of hydrogen-bond donors (Lipinski definition) is 1. The summed E-state index contributed by atoms with van der Waals surface area (Å²) in [6.45, 7) is 2.07. The Balaban J connectivity index is 2.80. The van der Waals surface area contributed by atoms with Gasteiger partial charge in [0, 0.05) is 16.5 Å².